The fourth-order valence-corrected chi connectivity index (χ4v) is 1.32. The van der Waals surface area contributed by atoms with Gasteiger partial charge in [-0.3, -0.25) is 4.84 Å². The van der Waals surface area contributed by atoms with Crippen molar-refractivity contribution in [2.75, 3.05) is 19.5 Å². The van der Waals surface area contributed by atoms with Crippen LogP contribution in [-0.4, -0.2) is 25.3 Å². The highest BCUT2D eigenvalue weighted by Crippen LogP contribution is 2.23. The fourth-order valence-electron chi connectivity index (χ4n) is 1.32. The van der Waals surface area contributed by atoms with E-state index < -0.39 is 5.41 Å². The number of urea groups is 1. The topological polar surface area (TPSA) is 65.4 Å². The second kappa shape index (κ2) is 5.52. The molecular weight excluding hydrogens is 230 g/mol. The molecule has 1 rings (SSSR count). The van der Waals surface area contributed by atoms with Crippen LogP contribution in [0.15, 0.2) is 24.3 Å². The van der Waals surface area contributed by atoms with E-state index in [9.17, 15) is 4.79 Å². The molecule has 0 aliphatic heterocycles. The molecule has 0 spiro atoms. The molecule has 0 aliphatic rings. The zero-order valence-corrected chi connectivity index (χ0v) is 11.0. The van der Waals surface area contributed by atoms with Gasteiger partial charge in [-0.15, -0.1) is 0 Å². The molecule has 5 heteroatoms. The van der Waals surface area contributed by atoms with E-state index in [4.69, 9.17) is 10.1 Å². The van der Waals surface area contributed by atoms with Crippen LogP contribution in [0.4, 0.5) is 10.5 Å². The fraction of sp³-hybridized carbons (Fsp3) is 0.385. The lowest BCUT2D eigenvalue weighted by Gasteiger charge is -2.17. The molecule has 1 aromatic rings. The van der Waals surface area contributed by atoms with Gasteiger partial charge in [-0.1, -0.05) is 12.1 Å². The Morgan fingerprint density at radius 2 is 1.94 bits per heavy atom. The Hall–Kier alpha value is -2.06. The van der Waals surface area contributed by atoms with Gasteiger partial charge in [-0.05, 0) is 31.5 Å². The summed E-state index contributed by atoms with van der Waals surface area (Å²) < 4.78 is 0. The molecule has 1 N–H and O–H groups in total. The van der Waals surface area contributed by atoms with Crippen LogP contribution >= 0.6 is 0 Å². The predicted molar refractivity (Wildman–Crippen MR) is 68.9 cm³/mol. The first-order valence-corrected chi connectivity index (χ1v) is 5.51. The number of benzene rings is 1. The minimum atomic E-state index is -0.536. The number of hydrogen-bond acceptors (Lipinski definition) is 3. The largest absolute Gasteiger partial charge is 0.345 e. The Kier molecular flexibility index (Phi) is 4.29. The lowest BCUT2D eigenvalue weighted by atomic mass is 9.86. The van der Waals surface area contributed by atoms with Gasteiger partial charge in [0.15, 0.2) is 0 Å². The van der Waals surface area contributed by atoms with Crippen LogP contribution in [-0.2, 0) is 10.3 Å². The number of nitrogens with one attached hydrogen (secondary N) is 1. The maximum Gasteiger partial charge on any atom is 0.345 e. The van der Waals surface area contributed by atoms with Gasteiger partial charge >= 0.3 is 6.03 Å². The van der Waals surface area contributed by atoms with E-state index in [1.807, 2.05) is 26.0 Å². The van der Waals surface area contributed by atoms with Crippen LogP contribution in [0.2, 0.25) is 0 Å². The number of anilines is 1. The van der Waals surface area contributed by atoms with Crippen molar-refractivity contribution in [3.8, 4) is 6.07 Å². The van der Waals surface area contributed by atoms with Gasteiger partial charge in [0, 0.05) is 12.7 Å². The molecule has 0 bridgehead atoms. The molecule has 0 saturated heterocycles. The average molecular weight is 247 g/mol. The summed E-state index contributed by atoms with van der Waals surface area (Å²) in [4.78, 5) is 16.3. The van der Waals surface area contributed by atoms with Gasteiger partial charge in [-0.25, -0.2) is 9.86 Å². The molecule has 0 atom stereocenters. The Morgan fingerprint density at radius 1 is 1.39 bits per heavy atom. The molecule has 5 nitrogen and oxygen atoms in total. The lowest BCUT2D eigenvalue weighted by molar-refractivity contribution is -0.0598. The highest BCUT2D eigenvalue weighted by atomic mass is 16.7. The number of carbonyl (C=O) groups excluding carboxylic acids is 1. The molecule has 1 aromatic carbocycles. The third-order valence-corrected chi connectivity index (χ3v) is 2.70. The van der Waals surface area contributed by atoms with E-state index in [0.29, 0.717) is 5.69 Å². The van der Waals surface area contributed by atoms with Crippen LogP contribution in [0.5, 0.6) is 0 Å². The Labute approximate surface area is 107 Å². The molecular formula is C13H17N3O2. The van der Waals surface area contributed by atoms with E-state index in [1.165, 1.54) is 14.2 Å². The number of hydroxylamine groups is 2. The number of rotatable bonds is 3. The predicted octanol–water partition coefficient (Wildman–Crippen LogP) is 2.51. The number of nitriles is 1. The zero-order chi connectivity index (χ0) is 13.8. The summed E-state index contributed by atoms with van der Waals surface area (Å²) in [6.07, 6.45) is 0. The van der Waals surface area contributed by atoms with Crippen molar-refractivity contribution in [3.05, 3.63) is 29.8 Å². The van der Waals surface area contributed by atoms with E-state index in [0.717, 1.165) is 10.6 Å². The highest BCUT2D eigenvalue weighted by molar-refractivity contribution is 5.88. The van der Waals surface area contributed by atoms with Crippen LogP contribution in [0.3, 0.4) is 0 Å². The molecule has 96 valence electrons. The van der Waals surface area contributed by atoms with Crippen molar-refractivity contribution in [1.29, 1.82) is 5.26 Å². The quantitative estimate of drug-likeness (QED) is 0.834. The smallest absolute Gasteiger partial charge is 0.306 e. The summed E-state index contributed by atoms with van der Waals surface area (Å²) >= 11 is 0. The van der Waals surface area contributed by atoms with E-state index in [1.54, 1.807) is 12.1 Å². The van der Waals surface area contributed by atoms with Crippen molar-refractivity contribution in [2.24, 2.45) is 0 Å². The molecule has 0 aromatic heterocycles. The molecule has 0 unspecified atom stereocenters. The van der Waals surface area contributed by atoms with Gasteiger partial charge in [0.2, 0.25) is 0 Å². The second-order valence-electron chi connectivity index (χ2n) is 4.42. The van der Waals surface area contributed by atoms with Gasteiger partial charge < -0.3 is 5.32 Å². The first kappa shape index (κ1) is 14.0. The number of amides is 2. The van der Waals surface area contributed by atoms with Crippen LogP contribution in [0.25, 0.3) is 0 Å². The summed E-state index contributed by atoms with van der Waals surface area (Å²) in [5, 5.41) is 12.8. The van der Waals surface area contributed by atoms with Crippen LogP contribution in [0, 0.1) is 11.3 Å². The maximum absolute atomic E-state index is 11.5. The van der Waals surface area contributed by atoms with Gasteiger partial charge in [0.1, 0.15) is 0 Å². The minimum absolute atomic E-state index is 0.357. The summed E-state index contributed by atoms with van der Waals surface area (Å²) in [7, 11) is 2.93. The van der Waals surface area contributed by atoms with Crippen LogP contribution in [0.1, 0.15) is 19.4 Å². The third kappa shape index (κ3) is 3.22. The van der Waals surface area contributed by atoms with Crippen molar-refractivity contribution in [1.82, 2.24) is 5.06 Å². The van der Waals surface area contributed by atoms with Crippen molar-refractivity contribution < 1.29 is 9.63 Å². The Balaban J connectivity index is 2.79. The highest BCUT2D eigenvalue weighted by Gasteiger charge is 2.19. The first-order chi connectivity index (χ1) is 8.40. The van der Waals surface area contributed by atoms with Crippen molar-refractivity contribution in [2.45, 2.75) is 19.3 Å². The second-order valence-corrected chi connectivity index (χ2v) is 4.42. The lowest BCUT2D eigenvalue weighted by Crippen LogP contribution is -2.30. The van der Waals surface area contributed by atoms with E-state index in [-0.39, 0.29) is 6.03 Å². The summed E-state index contributed by atoms with van der Waals surface area (Å²) in [5.41, 5.74) is 1.02. The molecule has 0 heterocycles. The monoisotopic (exact) mass is 247 g/mol. The standard InChI is InChI=1S/C13H17N3O2/c1-13(2,9-14)10-5-7-11(8-6-10)15-12(17)16(3)18-4/h5-8H,1-4H3,(H,15,17). The zero-order valence-electron chi connectivity index (χ0n) is 11.0. The van der Waals surface area contributed by atoms with E-state index in [2.05, 4.69) is 11.4 Å². The number of nitrogens with zero attached hydrogens (tertiary/aromatic N) is 2. The Morgan fingerprint density at radius 3 is 2.39 bits per heavy atom. The first-order valence-electron chi connectivity index (χ1n) is 5.51. The van der Waals surface area contributed by atoms with Crippen molar-refractivity contribution >= 4 is 11.7 Å². The maximum atomic E-state index is 11.5. The van der Waals surface area contributed by atoms with E-state index >= 15 is 0 Å². The molecule has 18 heavy (non-hydrogen) atoms. The number of hydrogen-bond donors (Lipinski definition) is 1. The average Bonchev–Trinajstić information content (AvgIpc) is 2.38. The number of carbonyl (C=O) groups is 1. The molecule has 2 amide bonds. The van der Waals surface area contributed by atoms with Crippen LogP contribution < -0.4 is 5.32 Å². The van der Waals surface area contributed by atoms with Gasteiger partial charge in [0.05, 0.1) is 18.6 Å². The molecule has 0 fully saturated rings. The SMILES string of the molecule is CON(C)C(=O)Nc1ccc(C(C)(C)C#N)cc1. The summed E-state index contributed by atoms with van der Waals surface area (Å²) in [6, 6.07) is 9.04. The van der Waals surface area contributed by atoms with Gasteiger partial charge in [0.25, 0.3) is 0 Å². The Bertz CT molecular complexity index is 460. The third-order valence-electron chi connectivity index (χ3n) is 2.70. The summed E-state index contributed by atoms with van der Waals surface area (Å²) in [5.74, 6) is 0. The molecule has 0 aliphatic carbocycles. The van der Waals surface area contributed by atoms with Gasteiger partial charge in [-0.2, -0.15) is 5.26 Å². The normalized spacial score (nSPS) is 10.6. The molecule has 0 saturated carbocycles. The minimum Gasteiger partial charge on any atom is -0.306 e. The van der Waals surface area contributed by atoms with Crippen molar-refractivity contribution in [3.63, 3.8) is 0 Å². The molecule has 0 radical (unpaired) electrons. The summed E-state index contributed by atoms with van der Waals surface area (Å²) in [6.45, 7) is 3.69.